The van der Waals surface area contributed by atoms with Gasteiger partial charge in [0.15, 0.2) is 11.6 Å². The van der Waals surface area contributed by atoms with Crippen LogP contribution in [0.5, 0.6) is 0 Å². The zero-order valence-corrected chi connectivity index (χ0v) is 17.1. The van der Waals surface area contributed by atoms with Gasteiger partial charge in [-0.25, -0.2) is 0 Å². The molecule has 0 spiro atoms. The number of rotatable bonds is 3. The van der Waals surface area contributed by atoms with Crippen LogP contribution in [0.3, 0.4) is 0 Å². The minimum Gasteiger partial charge on any atom is -0.294 e. The minimum absolute atomic E-state index is 0.326. The lowest BCUT2D eigenvalue weighted by molar-refractivity contribution is -0.115. The number of fused-ring (bicyclic) bond motifs is 2. The average Bonchev–Trinajstić information content (AvgIpc) is 3.49. The van der Waals surface area contributed by atoms with Crippen LogP contribution in [0.1, 0.15) is 49.7 Å². The zero-order valence-electron chi connectivity index (χ0n) is 17.1. The lowest BCUT2D eigenvalue weighted by Gasteiger charge is -2.27. The molecule has 0 unspecified atom stereocenters. The third-order valence-corrected chi connectivity index (χ3v) is 8.11. The van der Waals surface area contributed by atoms with E-state index in [1.54, 1.807) is 0 Å². The summed E-state index contributed by atoms with van der Waals surface area (Å²) in [5.74, 6) is 2.55. The molecule has 4 atom stereocenters. The summed E-state index contributed by atoms with van der Waals surface area (Å²) in [4.78, 5) is 25.9. The Balaban J connectivity index is 1.32. The lowest BCUT2D eigenvalue weighted by atomic mass is 9.76. The van der Waals surface area contributed by atoms with E-state index in [1.807, 2.05) is 36.4 Å². The van der Waals surface area contributed by atoms with Crippen molar-refractivity contribution in [3.63, 3.8) is 0 Å². The maximum Gasteiger partial charge on any atom is 0.164 e. The SMILES string of the molecule is O=C1C[C@@H]2C(=C1c1ccccc1)CC[C@H]2[C@@H]1CCC2=C(c3ccccc3)C(=O)C[C@H]21. The molecule has 0 radical (unpaired) electrons. The molecule has 0 amide bonds. The molecule has 30 heavy (non-hydrogen) atoms. The van der Waals surface area contributed by atoms with Crippen molar-refractivity contribution >= 4 is 22.7 Å². The number of hydrogen-bond acceptors (Lipinski definition) is 2. The van der Waals surface area contributed by atoms with Crippen molar-refractivity contribution in [3.05, 3.63) is 82.9 Å². The van der Waals surface area contributed by atoms with Gasteiger partial charge in [0, 0.05) is 24.0 Å². The van der Waals surface area contributed by atoms with Gasteiger partial charge in [0.25, 0.3) is 0 Å². The van der Waals surface area contributed by atoms with Gasteiger partial charge in [-0.15, -0.1) is 0 Å². The van der Waals surface area contributed by atoms with Crippen molar-refractivity contribution in [2.24, 2.45) is 23.7 Å². The van der Waals surface area contributed by atoms with E-state index in [0.717, 1.165) is 35.1 Å². The second-order valence-electron chi connectivity index (χ2n) is 9.41. The Morgan fingerprint density at radius 1 is 0.567 bits per heavy atom. The summed E-state index contributed by atoms with van der Waals surface area (Å²) in [6.45, 7) is 0. The molecule has 2 fully saturated rings. The predicted molar refractivity (Wildman–Crippen MR) is 118 cm³/mol. The maximum absolute atomic E-state index is 12.9. The molecule has 2 heteroatoms. The van der Waals surface area contributed by atoms with Gasteiger partial charge in [-0.2, -0.15) is 0 Å². The number of carbonyl (C=O) groups is 2. The van der Waals surface area contributed by atoms with Crippen molar-refractivity contribution in [2.45, 2.75) is 38.5 Å². The summed E-state index contributed by atoms with van der Waals surface area (Å²) in [6.07, 6.45) is 5.79. The first kappa shape index (κ1) is 18.1. The average molecular weight is 395 g/mol. The predicted octanol–water partition coefficient (Wildman–Crippen LogP) is 5.89. The van der Waals surface area contributed by atoms with Crippen LogP contribution in [0, 0.1) is 23.7 Å². The number of hydrogen-bond donors (Lipinski definition) is 0. The van der Waals surface area contributed by atoms with Crippen molar-refractivity contribution in [1.82, 2.24) is 0 Å². The van der Waals surface area contributed by atoms with E-state index in [-0.39, 0.29) is 0 Å². The molecule has 0 saturated heterocycles. The molecule has 2 nitrogen and oxygen atoms in total. The number of Topliss-reactive ketones (excluding diaryl/α,β-unsaturated/α-hetero) is 2. The topological polar surface area (TPSA) is 34.1 Å². The molecular formula is C28H26O2. The van der Waals surface area contributed by atoms with E-state index in [4.69, 9.17) is 0 Å². The summed E-state index contributed by atoms with van der Waals surface area (Å²) in [7, 11) is 0. The number of benzene rings is 2. The molecule has 4 aliphatic rings. The summed E-state index contributed by atoms with van der Waals surface area (Å²) in [6, 6.07) is 20.4. The molecule has 2 aromatic rings. The van der Waals surface area contributed by atoms with Gasteiger partial charge in [0.1, 0.15) is 0 Å². The smallest absolute Gasteiger partial charge is 0.164 e. The molecule has 6 rings (SSSR count). The molecule has 4 aliphatic carbocycles. The van der Waals surface area contributed by atoms with E-state index in [2.05, 4.69) is 24.3 Å². The first-order valence-electron chi connectivity index (χ1n) is 11.4. The Morgan fingerprint density at radius 3 is 1.37 bits per heavy atom. The van der Waals surface area contributed by atoms with E-state index < -0.39 is 0 Å². The highest BCUT2D eigenvalue weighted by atomic mass is 16.1. The normalized spacial score (nSPS) is 30.4. The first-order valence-corrected chi connectivity index (χ1v) is 11.4. The van der Waals surface area contributed by atoms with Crippen LogP contribution in [0.15, 0.2) is 71.8 Å². The molecule has 0 N–H and O–H groups in total. The first-order chi connectivity index (χ1) is 14.7. The summed E-state index contributed by atoms with van der Waals surface area (Å²) in [5, 5.41) is 0. The third kappa shape index (κ3) is 2.62. The fourth-order valence-corrected chi connectivity index (χ4v) is 6.99. The highest BCUT2D eigenvalue weighted by Crippen LogP contribution is 2.58. The monoisotopic (exact) mass is 394 g/mol. The van der Waals surface area contributed by atoms with E-state index >= 15 is 0 Å². The summed E-state index contributed by atoms with van der Waals surface area (Å²) in [5.41, 5.74) is 7.00. The fourth-order valence-electron chi connectivity index (χ4n) is 6.99. The van der Waals surface area contributed by atoms with Gasteiger partial charge in [0.05, 0.1) is 0 Å². The summed E-state index contributed by atoms with van der Waals surface area (Å²) >= 11 is 0. The van der Waals surface area contributed by atoms with Crippen LogP contribution < -0.4 is 0 Å². The van der Waals surface area contributed by atoms with Crippen LogP contribution in [0.4, 0.5) is 0 Å². The van der Waals surface area contributed by atoms with Crippen molar-refractivity contribution in [1.29, 1.82) is 0 Å². The van der Waals surface area contributed by atoms with Crippen LogP contribution >= 0.6 is 0 Å². The van der Waals surface area contributed by atoms with Gasteiger partial charge in [-0.05, 0) is 60.5 Å². The second kappa shape index (κ2) is 6.91. The molecule has 0 heterocycles. The van der Waals surface area contributed by atoms with Gasteiger partial charge in [-0.3, -0.25) is 9.59 Å². The van der Waals surface area contributed by atoms with Gasteiger partial charge < -0.3 is 0 Å². The van der Waals surface area contributed by atoms with E-state index in [0.29, 0.717) is 48.1 Å². The largest absolute Gasteiger partial charge is 0.294 e. The highest BCUT2D eigenvalue weighted by Gasteiger charge is 2.50. The van der Waals surface area contributed by atoms with Crippen molar-refractivity contribution < 1.29 is 9.59 Å². The Kier molecular flexibility index (Phi) is 4.16. The Morgan fingerprint density at radius 2 is 0.967 bits per heavy atom. The van der Waals surface area contributed by atoms with E-state index in [9.17, 15) is 9.59 Å². The maximum atomic E-state index is 12.9. The molecular weight excluding hydrogens is 368 g/mol. The molecule has 150 valence electrons. The lowest BCUT2D eigenvalue weighted by Crippen LogP contribution is -2.23. The number of allylic oxidation sites excluding steroid dienone is 4. The quantitative estimate of drug-likeness (QED) is 0.650. The van der Waals surface area contributed by atoms with Gasteiger partial charge in [0.2, 0.25) is 0 Å². The van der Waals surface area contributed by atoms with Crippen LogP contribution in [-0.2, 0) is 9.59 Å². The molecule has 0 aliphatic heterocycles. The third-order valence-electron chi connectivity index (χ3n) is 8.11. The Bertz CT molecular complexity index is 1000. The van der Waals surface area contributed by atoms with Gasteiger partial charge in [-0.1, -0.05) is 71.8 Å². The van der Waals surface area contributed by atoms with Crippen LogP contribution in [0.2, 0.25) is 0 Å². The standard InChI is InChI=1S/C28H26O2/c29-25-15-23-19(11-13-21(23)27(25)17-7-3-1-4-8-17)20-12-14-22-24(20)16-26(30)28(22)18-9-5-2-6-10-18/h1-10,19-20,23-24H,11-16H2/t19-,20-,23-,24-/m0/s1. The van der Waals surface area contributed by atoms with Crippen molar-refractivity contribution in [2.75, 3.05) is 0 Å². The molecule has 2 saturated carbocycles. The Hall–Kier alpha value is -2.74. The van der Waals surface area contributed by atoms with Gasteiger partial charge >= 0.3 is 0 Å². The molecule has 0 bridgehead atoms. The van der Waals surface area contributed by atoms with Crippen LogP contribution in [0.25, 0.3) is 11.1 Å². The molecule has 0 aromatic heterocycles. The van der Waals surface area contributed by atoms with Crippen molar-refractivity contribution in [3.8, 4) is 0 Å². The Labute approximate surface area is 177 Å². The number of carbonyl (C=O) groups excluding carboxylic acids is 2. The number of ketones is 2. The summed E-state index contributed by atoms with van der Waals surface area (Å²) < 4.78 is 0. The molecule has 2 aromatic carbocycles. The van der Waals surface area contributed by atoms with Crippen LogP contribution in [-0.4, -0.2) is 11.6 Å². The minimum atomic E-state index is 0.326. The van der Waals surface area contributed by atoms with E-state index in [1.165, 1.54) is 24.0 Å². The zero-order chi connectivity index (χ0) is 20.2. The second-order valence-corrected chi connectivity index (χ2v) is 9.41. The highest BCUT2D eigenvalue weighted by molar-refractivity contribution is 6.25. The fraction of sp³-hybridized carbons (Fsp3) is 0.357.